The molecule has 0 unspecified atom stereocenters. The number of aromatic nitrogens is 1. The number of pyridine rings is 1. The van der Waals surface area contributed by atoms with Crippen molar-refractivity contribution in [3.8, 4) is 11.5 Å². The summed E-state index contributed by atoms with van der Waals surface area (Å²) in [6, 6.07) is 18.9. The number of ether oxygens (including phenoxy) is 1. The van der Waals surface area contributed by atoms with E-state index in [0.717, 1.165) is 26.3 Å². The van der Waals surface area contributed by atoms with Gasteiger partial charge in [0, 0.05) is 12.2 Å². The van der Waals surface area contributed by atoms with E-state index in [-0.39, 0.29) is 11.7 Å². The fourth-order valence-electron chi connectivity index (χ4n) is 2.38. The van der Waals surface area contributed by atoms with Crippen LogP contribution in [0.3, 0.4) is 0 Å². The summed E-state index contributed by atoms with van der Waals surface area (Å²) in [5.41, 5.74) is 7.94. The first kappa shape index (κ1) is 18.2. The summed E-state index contributed by atoms with van der Waals surface area (Å²) in [7, 11) is 0. The molecule has 3 N–H and O–H groups in total. The monoisotopic (exact) mass is 459 g/mol. The average molecular weight is 459 g/mol. The zero-order valence-corrected chi connectivity index (χ0v) is 16.4. The first-order valence-corrected chi connectivity index (χ1v) is 9.13. The maximum Gasteiger partial charge on any atom is 0.255 e. The standard InChI is InChI=1S/C20H18IN3O2/c1-13-6-11-16(19(22)24-13)20(25)23-12-14-7-9-15(10-8-14)26-18-5-3-2-4-17(18)21/h2-11H,12H2,1H3,(H2,22,24)(H,23,25). The molecule has 1 heterocycles. The highest BCUT2D eigenvalue weighted by Crippen LogP contribution is 2.26. The molecule has 3 aromatic rings. The Bertz CT molecular complexity index is 927. The van der Waals surface area contributed by atoms with E-state index < -0.39 is 0 Å². The number of anilines is 1. The molecule has 1 amide bonds. The number of aryl methyl sites for hydroxylation is 1. The lowest BCUT2D eigenvalue weighted by Gasteiger charge is -2.10. The van der Waals surface area contributed by atoms with E-state index in [2.05, 4.69) is 32.9 Å². The van der Waals surface area contributed by atoms with Crippen molar-refractivity contribution in [2.75, 3.05) is 5.73 Å². The quantitative estimate of drug-likeness (QED) is 0.558. The largest absolute Gasteiger partial charge is 0.456 e. The summed E-state index contributed by atoms with van der Waals surface area (Å²) in [6.07, 6.45) is 0. The predicted octanol–water partition coefficient (Wildman–Crippen LogP) is 4.30. The number of hydrogen-bond donors (Lipinski definition) is 2. The number of para-hydroxylation sites is 1. The van der Waals surface area contributed by atoms with Gasteiger partial charge in [-0.3, -0.25) is 4.79 Å². The molecule has 0 atom stereocenters. The van der Waals surface area contributed by atoms with Crippen LogP contribution < -0.4 is 15.8 Å². The number of nitrogens with zero attached hydrogens (tertiary/aromatic N) is 1. The van der Waals surface area contributed by atoms with Crippen molar-refractivity contribution in [2.45, 2.75) is 13.5 Å². The third kappa shape index (κ3) is 4.51. The van der Waals surface area contributed by atoms with Gasteiger partial charge in [0.25, 0.3) is 5.91 Å². The SMILES string of the molecule is Cc1ccc(C(=O)NCc2ccc(Oc3ccccc3I)cc2)c(N)n1. The fraction of sp³-hybridized carbons (Fsp3) is 0.100. The van der Waals surface area contributed by atoms with Crippen molar-refractivity contribution in [1.82, 2.24) is 10.3 Å². The number of amides is 1. The Hall–Kier alpha value is -2.61. The van der Waals surface area contributed by atoms with E-state index in [1.165, 1.54) is 0 Å². The number of hydrogen-bond acceptors (Lipinski definition) is 4. The Morgan fingerprint density at radius 1 is 1.12 bits per heavy atom. The van der Waals surface area contributed by atoms with Gasteiger partial charge in [-0.1, -0.05) is 24.3 Å². The van der Waals surface area contributed by atoms with Crippen LogP contribution in [-0.2, 0) is 6.54 Å². The molecule has 132 valence electrons. The van der Waals surface area contributed by atoms with Crippen LogP contribution in [-0.4, -0.2) is 10.9 Å². The lowest BCUT2D eigenvalue weighted by atomic mass is 10.2. The Kier molecular flexibility index (Phi) is 5.72. The van der Waals surface area contributed by atoms with Crippen molar-refractivity contribution >= 4 is 34.3 Å². The molecule has 0 bridgehead atoms. The van der Waals surface area contributed by atoms with Gasteiger partial charge in [0.05, 0.1) is 9.13 Å². The molecular formula is C20H18IN3O2. The molecule has 2 aromatic carbocycles. The molecule has 5 nitrogen and oxygen atoms in total. The highest BCUT2D eigenvalue weighted by Gasteiger charge is 2.10. The Morgan fingerprint density at radius 3 is 2.54 bits per heavy atom. The molecule has 0 aliphatic carbocycles. The molecule has 3 rings (SSSR count). The van der Waals surface area contributed by atoms with Crippen LogP contribution in [0.4, 0.5) is 5.82 Å². The van der Waals surface area contributed by atoms with Gasteiger partial charge < -0.3 is 15.8 Å². The third-order valence-electron chi connectivity index (χ3n) is 3.75. The molecule has 1 aromatic heterocycles. The smallest absolute Gasteiger partial charge is 0.255 e. The van der Waals surface area contributed by atoms with Crippen LogP contribution in [0.1, 0.15) is 21.6 Å². The summed E-state index contributed by atoms with van der Waals surface area (Å²) in [4.78, 5) is 16.3. The van der Waals surface area contributed by atoms with E-state index in [4.69, 9.17) is 10.5 Å². The molecule has 0 radical (unpaired) electrons. The van der Waals surface area contributed by atoms with Gasteiger partial charge in [-0.2, -0.15) is 0 Å². The number of nitrogens with two attached hydrogens (primary N) is 1. The first-order valence-electron chi connectivity index (χ1n) is 8.05. The predicted molar refractivity (Wildman–Crippen MR) is 110 cm³/mol. The minimum atomic E-state index is -0.242. The van der Waals surface area contributed by atoms with Crippen molar-refractivity contribution in [2.24, 2.45) is 0 Å². The van der Waals surface area contributed by atoms with Crippen molar-refractivity contribution in [1.29, 1.82) is 0 Å². The van der Waals surface area contributed by atoms with Crippen LogP contribution in [0.2, 0.25) is 0 Å². The zero-order chi connectivity index (χ0) is 18.5. The van der Waals surface area contributed by atoms with E-state index in [9.17, 15) is 4.79 Å². The normalized spacial score (nSPS) is 10.4. The summed E-state index contributed by atoms with van der Waals surface area (Å²) >= 11 is 2.24. The van der Waals surface area contributed by atoms with E-state index in [0.29, 0.717) is 12.1 Å². The number of nitrogen functional groups attached to an aromatic ring is 1. The first-order chi connectivity index (χ1) is 12.5. The van der Waals surface area contributed by atoms with Crippen LogP contribution >= 0.6 is 22.6 Å². The van der Waals surface area contributed by atoms with Crippen molar-refractivity contribution in [3.63, 3.8) is 0 Å². The van der Waals surface area contributed by atoms with Crippen LogP contribution in [0.5, 0.6) is 11.5 Å². The Morgan fingerprint density at radius 2 is 1.85 bits per heavy atom. The minimum absolute atomic E-state index is 0.240. The summed E-state index contributed by atoms with van der Waals surface area (Å²) in [5, 5.41) is 2.85. The fourth-order valence-corrected chi connectivity index (χ4v) is 2.87. The van der Waals surface area contributed by atoms with Crippen LogP contribution in [0, 0.1) is 10.5 Å². The van der Waals surface area contributed by atoms with Crippen molar-refractivity contribution < 1.29 is 9.53 Å². The number of carbonyl (C=O) groups is 1. The van der Waals surface area contributed by atoms with Crippen LogP contribution in [0.15, 0.2) is 60.7 Å². The lowest BCUT2D eigenvalue weighted by molar-refractivity contribution is 0.0951. The number of carbonyl (C=O) groups excluding carboxylic acids is 1. The number of nitrogens with one attached hydrogen (secondary N) is 1. The van der Waals surface area contributed by atoms with E-state index >= 15 is 0 Å². The van der Waals surface area contributed by atoms with Gasteiger partial charge in [-0.05, 0) is 71.5 Å². The molecule has 0 aliphatic heterocycles. The summed E-state index contributed by atoms with van der Waals surface area (Å²) in [6.45, 7) is 2.23. The lowest BCUT2D eigenvalue weighted by Crippen LogP contribution is -2.24. The van der Waals surface area contributed by atoms with Gasteiger partial charge in [-0.25, -0.2) is 4.98 Å². The van der Waals surface area contributed by atoms with Gasteiger partial charge in [0.15, 0.2) is 0 Å². The highest BCUT2D eigenvalue weighted by molar-refractivity contribution is 14.1. The highest BCUT2D eigenvalue weighted by atomic mass is 127. The molecule has 26 heavy (non-hydrogen) atoms. The molecule has 0 spiro atoms. The molecule has 0 fully saturated rings. The van der Waals surface area contributed by atoms with E-state index in [1.54, 1.807) is 12.1 Å². The number of halogens is 1. The Balaban J connectivity index is 1.61. The zero-order valence-electron chi connectivity index (χ0n) is 14.2. The second-order valence-corrected chi connectivity index (χ2v) is 6.91. The number of benzene rings is 2. The van der Waals surface area contributed by atoms with Gasteiger partial charge in [0.2, 0.25) is 0 Å². The third-order valence-corrected chi connectivity index (χ3v) is 4.64. The molecule has 6 heteroatoms. The number of rotatable bonds is 5. The van der Waals surface area contributed by atoms with E-state index in [1.807, 2.05) is 55.5 Å². The van der Waals surface area contributed by atoms with Gasteiger partial charge in [0.1, 0.15) is 17.3 Å². The van der Waals surface area contributed by atoms with Crippen LogP contribution in [0.25, 0.3) is 0 Å². The molecule has 0 saturated heterocycles. The second-order valence-electron chi connectivity index (χ2n) is 5.74. The second kappa shape index (κ2) is 8.18. The summed E-state index contributed by atoms with van der Waals surface area (Å²) < 4.78 is 6.91. The average Bonchev–Trinajstić information content (AvgIpc) is 2.63. The van der Waals surface area contributed by atoms with Crippen molar-refractivity contribution in [3.05, 3.63) is 81.1 Å². The molecule has 0 saturated carbocycles. The summed E-state index contributed by atoms with van der Waals surface area (Å²) in [5.74, 6) is 1.56. The Labute approximate surface area is 165 Å². The topological polar surface area (TPSA) is 77.2 Å². The molecular weight excluding hydrogens is 441 g/mol. The molecule has 0 aliphatic rings. The van der Waals surface area contributed by atoms with Gasteiger partial charge >= 0.3 is 0 Å². The van der Waals surface area contributed by atoms with Gasteiger partial charge in [-0.15, -0.1) is 0 Å². The minimum Gasteiger partial charge on any atom is -0.456 e. The maximum absolute atomic E-state index is 12.2. The maximum atomic E-state index is 12.2.